The van der Waals surface area contributed by atoms with Gasteiger partial charge in [-0.2, -0.15) is 0 Å². The van der Waals surface area contributed by atoms with Gasteiger partial charge in [-0.1, -0.05) is 17.7 Å². The summed E-state index contributed by atoms with van der Waals surface area (Å²) in [5.41, 5.74) is 1.19. The number of carbonyl (C=O) groups is 1. The van der Waals surface area contributed by atoms with Crippen LogP contribution in [0.15, 0.2) is 24.3 Å². The maximum absolute atomic E-state index is 12.2. The molecule has 0 aliphatic carbocycles. The summed E-state index contributed by atoms with van der Waals surface area (Å²) in [6.07, 6.45) is 0.636. The zero-order chi connectivity index (χ0) is 16.1. The molecule has 0 unspecified atom stereocenters. The Morgan fingerprint density at radius 1 is 1.09 bits per heavy atom. The van der Waals surface area contributed by atoms with Crippen LogP contribution in [0.1, 0.15) is 6.42 Å². The number of hydrogen-bond acceptors (Lipinski definition) is 4. The van der Waals surface area contributed by atoms with Crippen molar-refractivity contribution in [2.24, 2.45) is 0 Å². The van der Waals surface area contributed by atoms with Crippen LogP contribution in [0.25, 0.3) is 0 Å². The molecule has 2 aliphatic rings. The zero-order valence-electron chi connectivity index (χ0n) is 13.5. The van der Waals surface area contributed by atoms with Gasteiger partial charge in [0, 0.05) is 76.0 Å². The molecule has 23 heavy (non-hydrogen) atoms. The van der Waals surface area contributed by atoms with E-state index in [4.69, 9.17) is 11.6 Å². The lowest BCUT2D eigenvalue weighted by molar-refractivity contribution is -0.132. The van der Waals surface area contributed by atoms with Gasteiger partial charge in [0.25, 0.3) is 0 Å². The van der Waals surface area contributed by atoms with Crippen molar-refractivity contribution in [3.8, 4) is 0 Å². The van der Waals surface area contributed by atoms with Gasteiger partial charge < -0.3 is 15.1 Å². The summed E-state index contributed by atoms with van der Waals surface area (Å²) < 4.78 is 0. The van der Waals surface area contributed by atoms with Crippen molar-refractivity contribution in [2.45, 2.75) is 6.42 Å². The van der Waals surface area contributed by atoms with E-state index in [9.17, 15) is 4.79 Å². The second-order valence-electron chi connectivity index (χ2n) is 6.19. The standard InChI is InChI=1S/C17H25ClN4O/c18-15-2-1-3-16(14-15)21-12-10-20(11-13-21)7-4-17(23)22-8-5-19-6-9-22/h1-3,14,19H,4-13H2. The Morgan fingerprint density at radius 2 is 1.83 bits per heavy atom. The first kappa shape index (κ1) is 16.6. The van der Waals surface area contributed by atoms with E-state index in [0.29, 0.717) is 12.3 Å². The number of anilines is 1. The maximum Gasteiger partial charge on any atom is 0.223 e. The van der Waals surface area contributed by atoms with Gasteiger partial charge in [-0.05, 0) is 18.2 Å². The minimum absolute atomic E-state index is 0.295. The third-order valence-corrected chi connectivity index (χ3v) is 4.89. The summed E-state index contributed by atoms with van der Waals surface area (Å²) in [5, 5.41) is 4.06. The van der Waals surface area contributed by atoms with Gasteiger partial charge in [0.15, 0.2) is 0 Å². The Kier molecular flexibility index (Phi) is 5.75. The highest BCUT2D eigenvalue weighted by atomic mass is 35.5. The first-order valence-corrected chi connectivity index (χ1v) is 8.81. The smallest absolute Gasteiger partial charge is 0.223 e. The number of carbonyl (C=O) groups excluding carboxylic acids is 1. The van der Waals surface area contributed by atoms with Crippen LogP contribution in [-0.2, 0) is 4.79 Å². The minimum atomic E-state index is 0.295. The molecule has 1 aromatic carbocycles. The highest BCUT2D eigenvalue weighted by molar-refractivity contribution is 6.30. The van der Waals surface area contributed by atoms with E-state index in [1.807, 2.05) is 23.1 Å². The average Bonchev–Trinajstić information content (AvgIpc) is 2.61. The second-order valence-corrected chi connectivity index (χ2v) is 6.63. The molecule has 2 heterocycles. The highest BCUT2D eigenvalue weighted by Crippen LogP contribution is 2.20. The van der Waals surface area contributed by atoms with Gasteiger partial charge in [0.2, 0.25) is 5.91 Å². The van der Waals surface area contributed by atoms with Gasteiger partial charge in [-0.15, -0.1) is 0 Å². The van der Waals surface area contributed by atoms with Gasteiger partial charge in [-0.3, -0.25) is 9.69 Å². The van der Waals surface area contributed by atoms with Crippen LogP contribution in [0.2, 0.25) is 5.02 Å². The van der Waals surface area contributed by atoms with Gasteiger partial charge in [0.1, 0.15) is 0 Å². The number of nitrogens with zero attached hydrogens (tertiary/aromatic N) is 3. The van der Waals surface area contributed by atoms with Crippen LogP contribution in [0, 0.1) is 0 Å². The van der Waals surface area contributed by atoms with Gasteiger partial charge in [0.05, 0.1) is 0 Å². The molecule has 2 fully saturated rings. The van der Waals surface area contributed by atoms with E-state index < -0.39 is 0 Å². The van der Waals surface area contributed by atoms with Crippen molar-refractivity contribution in [2.75, 3.05) is 63.8 Å². The summed E-state index contributed by atoms with van der Waals surface area (Å²) in [4.78, 5) is 18.9. The highest BCUT2D eigenvalue weighted by Gasteiger charge is 2.20. The molecule has 0 atom stereocenters. The molecule has 1 amide bonds. The van der Waals surface area contributed by atoms with Crippen LogP contribution < -0.4 is 10.2 Å². The van der Waals surface area contributed by atoms with Crippen LogP contribution in [-0.4, -0.2) is 74.6 Å². The average molecular weight is 337 g/mol. The summed E-state index contributed by atoms with van der Waals surface area (Å²) in [7, 11) is 0. The summed E-state index contributed by atoms with van der Waals surface area (Å²) in [5.74, 6) is 0.295. The van der Waals surface area contributed by atoms with Crippen molar-refractivity contribution >= 4 is 23.2 Å². The molecular weight excluding hydrogens is 312 g/mol. The Bertz CT molecular complexity index is 525. The third-order valence-electron chi connectivity index (χ3n) is 4.66. The molecule has 6 heteroatoms. The Morgan fingerprint density at radius 3 is 2.52 bits per heavy atom. The second kappa shape index (κ2) is 7.99. The monoisotopic (exact) mass is 336 g/mol. The number of nitrogens with one attached hydrogen (secondary N) is 1. The molecule has 0 saturated carbocycles. The Hall–Kier alpha value is -1.30. The van der Waals surface area contributed by atoms with Crippen LogP contribution >= 0.6 is 11.6 Å². The quantitative estimate of drug-likeness (QED) is 0.899. The molecule has 1 aromatic rings. The normalized spacial score (nSPS) is 19.9. The van der Waals surface area contributed by atoms with E-state index in [1.54, 1.807) is 0 Å². The number of rotatable bonds is 4. The fourth-order valence-electron chi connectivity index (χ4n) is 3.23. The first-order chi connectivity index (χ1) is 11.2. The lowest BCUT2D eigenvalue weighted by Crippen LogP contribution is -2.49. The molecule has 0 spiro atoms. The fourth-order valence-corrected chi connectivity index (χ4v) is 3.41. The number of benzene rings is 1. The molecule has 0 bridgehead atoms. The largest absolute Gasteiger partial charge is 0.369 e. The summed E-state index contributed by atoms with van der Waals surface area (Å²) >= 11 is 6.07. The number of hydrogen-bond donors (Lipinski definition) is 1. The predicted octanol–water partition coefficient (Wildman–Crippen LogP) is 1.28. The van der Waals surface area contributed by atoms with Gasteiger partial charge >= 0.3 is 0 Å². The number of halogens is 1. The third kappa shape index (κ3) is 4.59. The predicted molar refractivity (Wildman–Crippen MR) is 94.2 cm³/mol. The molecule has 3 rings (SSSR count). The van der Waals surface area contributed by atoms with E-state index in [0.717, 1.165) is 63.9 Å². The van der Waals surface area contributed by atoms with Crippen LogP contribution in [0.5, 0.6) is 0 Å². The fraction of sp³-hybridized carbons (Fsp3) is 0.588. The maximum atomic E-state index is 12.2. The molecule has 0 aromatic heterocycles. The zero-order valence-corrected chi connectivity index (χ0v) is 14.3. The summed E-state index contributed by atoms with van der Waals surface area (Å²) in [6.45, 7) is 8.38. The molecule has 2 saturated heterocycles. The molecule has 5 nitrogen and oxygen atoms in total. The number of amides is 1. The molecule has 1 N–H and O–H groups in total. The molecular formula is C17H25ClN4O. The van der Waals surface area contributed by atoms with Crippen molar-refractivity contribution < 1.29 is 4.79 Å². The van der Waals surface area contributed by atoms with Crippen molar-refractivity contribution in [1.29, 1.82) is 0 Å². The minimum Gasteiger partial charge on any atom is -0.369 e. The van der Waals surface area contributed by atoms with E-state index in [-0.39, 0.29) is 0 Å². The van der Waals surface area contributed by atoms with Crippen molar-refractivity contribution in [3.05, 3.63) is 29.3 Å². The lowest BCUT2D eigenvalue weighted by Gasteiger charge is -2.36. The number of piperazine rings is 2. The molecule has 0 radical (unpaired) electrons. The Balaban J connectivity index is 1.41. The van der Waals surface area contributed by atoms with E-state index in [2.05, 4.69) is 21.2 Å². The van der Waals surface area contributed by atoms with Crippen molar-refractivity contribution in [3.63, 3.8) is 0 Å². The Labute approximate surface area is 143 Å². The summed E-state index contributed by atoms with van der Waals surface area (Å²) in [6, 6.07) is 8.03. The van der Waals surface area contributed by atoms with Crippen LogP contribution in [0.3, 0.4) is 0 Å². The van der Waals surface area contributed by atoms with Crippen LogP contribution in [0.4, 0.5) is 5.69 Å². The van der Waals surface area contributed by atoms with E-state index in [1.165, 1.54) is 5.69 Å². The lowest BCUT2D eigenvalue weighted by atomic mass is 10.2. The van der Waals surface area contributed by atoms with E-state index >= 15 is 0 Å². The van der Waals surface area contributed by atoms with Gasteiger partial charge in [-0.25, -0.2) is 0 Å². The van der Waals surface area contributed by atoms with Crippen molar-refractivity contribution in [1.82, 2.24) is 15.1 Å². The molecule has 2 aliphatic heterocycles. The molecule has 126 valence electrons. The topological polar surface area (TPSA) is 38.8 Å². The SMILES string of the molecule is O=C(CCN1CCN(c2cccc(Cl)c2)CC1)N1CCNCC1. The first-order valence-electron chi connectivity index (χ1n) is 8.44.